The Labute approximate surface area is 113 Å². The van der Waals surface area contributed by atoms with Crippen LogP contribution in [0, 0.1) is 0 Å². The number of nitrogens with two attached hydrogens (primary N) is 1. The molecule has 0 bridgehead atoms. The third kappa shape index (κ3) is 2.66. The van der Waals surface area contributed by atoms with Crippen molar-refractivity contribution in [1.82, 2.24) is 9.55 Å². The van der Waals surface area contributed by atoms with E-state index in [1.54, 1.807) is 7.11 Å². The first-order valence-corrected chi connectivity index (χ1v) is 6.46. The van der Waals surface area contributed by atoms with Crippen LogP contribution in [0.15, 0.2) is 18.2 Å². The van der Waals surface area contributed by atoms with Gasteiger partial charge in [-0.05, 0) is 32.9 Å². The van der Waals surface area contributed by atoms with Gasteiger partial charge >= 0.3 is 0 Å². The van der Waals surface area contributed by atoms with Crippen molar-refractivity contribution in [2.45, 2.75) is 32.9 Å². The fraction of sp³-hybridized carbons (Fsp3) is 0.500. The summed E-state index contributed by atoms with van der Waals surface area (Å²) in [6.07, 6.45) is 0.105. The molecule has 1 unspecified atom stereocenters. The molecule has 0 saturated carbocycles. The first kappa shape index (κ1) is 13.7. The molecule has 2 rings (SSSR count). The van der Waals surface area contributed by atoms with Crippen LogP contribution in [0.1, 0.15) is 26.8 Å². The first-order chi connectivity index (χ1) is 9.04. The average molecular weight is 263 g/mol. The number of nitrogens with zero attached hydrogens (tertiary/aromatic N) is 2. The molecule has 5 heteroatoms. The summed E-state index contributed by atoms with van der Waals surface area (Å²) in [5.74, 6) is 1.25. The minimum absolute atomic E-state index is 0.105. The van der Waals surface area contributed by atoms with Gasteiger partial charge in [0.1, 0.15) is 11.3 Å². The minimum atomic E-state index is 0.105. The van der Waals surface area contributed by atoms with Crippen LogP contribution >= 0.6 is 0 Å². The van der Waals surface area contributed by atoms with E-state index in [4.69, 9.17) is 15.2 Å². The molecule has 0 aliphatic heterocycles. The summed E-state index contributed by atoms with van der Waals surface area (Å²) in [6, 6.07) is 6.00. The van der Waals surface area contributed by atoms with E-state index >= 15 is 0 Å². The number of methoxy groups -OCH3 is 1. The average Bonchev–Trinajstić information content (AvgIpc) is 2.66. The normalized spacial score (nSPS) is 13.1. The molecule has 2 aromatic rings. The van der Waals surface area contributed by atoms with Crippen molar-refractivity contribution < 1.29 is 9.47 Å². The molecule has 2 N–H and O–H groups in total. The van der Waals surface area contributed by atoms with Gasteiger partial charge in [0.05, 0.1) is 24.3 Å². The lowest BCUT2D eigenvalue weighted by Gasteiger charge is -2.15. The molecule has 104 valence electrons. The molecule has 0 fully saturated rings. The van der Waals surface area contributed by atoms with Crippen LogP contribution in [0.4, 0.5) is 5.95 Å². The lowest BCUT2D eigenvalue weighted by molar-refractivity contribution is 0.164. The summed E-state index contributed by atoms with van der Waals surface area (Å²) in [4.78, 5) is 4.43. The van der Waals surface area contributed by atoms with Crippen LogP contribution in [0.25, 0.3) is 11.0 Å². The highest BCUT2D eigenvalue weighted by atomic mass is 16.5. The van der Waals surface area contributed by atoms with Crippen molar-refractivity contribution >= 4 is 17.0 Å². The van der Waals surface area contributed by atoms with Crippen molar-refractivity contribution in [3.63, 3.8) is 0 Å². The predicted octanol–water partition coefficient (Wildman–Crippen LogP) is 2.61. The Morgan fingerprint density at radius 2 is 2.05 bits per heavy atom. The highest BCUT2D eigenvalue weighted by molar-refractivity contribution is 5.84. The quantitative estimate of drug-likeness (QED) is 0.900. The fourth-order valence-corrected chi connectivity index (χ4v) is 2.24. The molecule has 1 atom stereocenters. The van der Waals surface area contributed by atoms with Crippen LogP contribution in [-0.4, -0.2) is 29.4 Å². The van der Waals surface area contributed by atoms with Crippen LogP contribution in [-0.2, 0) is 4.74 Å². The summed E-state index contributed by atoms with van der Waals surface area (Å²) in [6.45, 7) is 6.63. The number of benzene rings is 1. The maximum Gasteiger partial charge on any atom is 0.201 e. The lowest BCUT2D eigenvalue weighted by atomic mass is 10.2. The monoisotopic (exact) mass is 263 g/mol. The minimum Gasteiger partial charge on any atom is -0.489 e. The highest BCUT2D eigenvalue weighted by Gasteiger charge is 2.16. The van der Waals surface area contributed by atoms with Gasteiger partial charge in [-0.2, -0.15) is 0 Å². The maximum absolute atomic E-state index is 6.02. The zero-order valence-corrected chi connectivity index (χ0v) is 11.9. The van der Waals surface area contributed by atoms with E-state index in [1.165, 1.54) is 0 Å². The van der Waals surface area contributed by atoms with Gasteiger partial charge in [-0.25, -0.2) is 4.98 Å². The van der Waals surface area contributed by atoms with Crippen molar-refractivity contribution in [2.75, 3.05) is 19.5 Å². The summed E-state index contributed by atoms with van der Waals surface area (Å²) in [5, 5.41) is 0. The third-order valence-electron chi connectivity index (χ3n) is 2.92. The molecule has 19 heavy (non-hydrogen) atoms. The van der Waals surface area contributed by atoms with E-state index in [-0.39, 0.29) is 12.1 Å². The molecule has 0 aliphatic carbocycles. The molecular formula is C14H21N3O2. The Morgan fingerprint density at radius 1 is 1.32 bits per heavy atom. The number of anilines is 1. The molecule has 0 radical (unpaired) electrons. The molecule has 1 aromatic heterocycles. The van der Waals surface area contributed by atoms with Crippen LogP contribution < -0.4 is 10.5 Å². The lowest BCUT2D eigenvalue weighted by Crippen LogP contribution is -2.13. The second-order valence-corrected chi connectivity index (χ2v) is 4.93. The van der Waals surface area contributed by atoms with Crippen molar-refractivity contribution in [2.24, 2.45) is 0 Å². The molecule has 0 saturated heterocycles. The molecule has 1 heterocycles. The van der Waals surface area contributed by atoms with E-state index in [0.717, 1.165) is 16.8 Å². The smallest absolute Gasteiger partial charge is 0.201 e. The number of fused-ring (bicyclic) bond motifs is 1. The second-order valence-electron chi connectivity index (χ2n) is 4.93. The van der Waals surface area contributed by atoms with Gasteiger partial charge in [0.25, 0.3) is 0 Å². The Bertz CT molecular complexity index is 563. The van der Waals surface area contributed by atoms with Crippen LogP contribution in [0.3, 0.4) is 0 Å². The molecule has 5 nitrogen and oxygen atoms in total. The Balaban J connectivity index is 2.52. The first-order valence-electron chi connectivity index (χ1n) is 6.46. The van der Waals surface area contributed by atoms with Gasteiger partial charge in [-0.15, -0.1) is 0 Å². The van der Waals surface area contributed by atoms with Gasteiger partial charge in [-0.3, -0.25) is 0 Å². The summed E-state index contributed by atoms with van der Waals surface area (Å²) in [5.41, 5.74) is 7.80. The largest absolute Gasteiger partial charge is 0.489 e. The van der Waals surface area contributed by atoms with E-state index in [0.29, 0.717) is 12.6 Å². The number of rotatable bonds is 5. The highest BCUT2D eigenvalue weighted by Crippen LogP contribution is 2.30. The molecule has 0 aliphatic rings. The number of para-hydroxylation sites is 1. The molecule has 0 spiro atoms. The zero-order chi connectivity index (χ0) is 14.0. The van der Waals surface area contributed by atoms with Gasteiger partial charge in [-0.1, -0.05) is 6.07 Å². The fourth-order valence-electron chi connectivity index (χ4n) is 2.24. The molecular weight excluding hydrogens is 242 g/mol. The molecule has 0 amide bonds. The maximum atomic E-state index is 6.02. The number of imidazole rings is 1. The van der Waals surface area contributed by atoms with Crippen molar-refractivity contribution in [3.05, 3.63) is 18.2 Å². The number of hydrogen-bond acceptors (Lipinski definition) is 4. The van der Waals surface area contributed by atoms with Gasteiger partial charge in [0, 0.05) is 7.11 Å². The number of hydrogen-bond donors (Lipinski definition) is 1. The molecule has 1 aromatic carbocycles. The van der Waals surface area contributed by atoms with Crippen LogP contribution in [0.5, 0.6) is 5.75 Å². The van der Waals surface area contributed by atoms with Crippen molar-refractivity contribution in [3.8, 4) is 5.75 Å². The van der Waals surface area contributed by atoms with Crippen molar-refractivity contribution in [1.29, 1.82) is 0 Å². The topological polar surface area (TPSA) is 62.3 Å². The van der Waals surface area contributed by atoms with E-state index < -0.39 is 0 Å². The number of ether oxygens (including phenoxy) is 2. The number of aromatic nitrogens is 2. The Kier molecular flexibility index (Phi) is 3.95. The predicted molar refractivity (Wildman–Crippen MR) is 76.5 cm³/mol. The standard InChI is InChI=1S/C14H21N3O2/c1-9(2)19-12-7-5-6-11-13(12)16-14(15)17(11)10(3)8-18-4/h5-7,9-10H,8H2,1-4H3,(H2,15,16). The van der Waals surface area contributed by atoms with E-state index in [2.05, 4.69) is 11.9 Å². The SMILES string of the molecule is COCC(C)n1c(N)nc2c(OC(C)C)cccc21. The summed E-state index contributed by atoms with van der Waals surface area (Å²) >= 11 is 0. The summed E-state index contributed by atoms with van der Waals surface area (Å²) in [7, 11) is 1.68. The van der Waals surface area contributed by atoms with E-state index in [1.807, 2.05) is 36.6 Å². The van der Waals surface area contributed by atoms with Crippen LogP contribution in [0.2, 0.25) is 0 Å². The van der Waals surface area contributed by atoms with Gasteiger partial charge in [0.2, 0.25) is 5.95 Å². The van der Waals surface area contributed by atoms with E-state index in [9.17, 15) is 0 Å². The second kappa shape index (κ2) is 5.48. The Morgan fingerprint density at radius 3 is 2.68 bits per heavy atom. The number of nitrogen functional groups attached to an aromatic ring is 1. The zero-order valence-electron chi connectivity index (χ0n) is 11.9. The van der Waals surface area contributed by atoms with Gasteiger partial charge < -0.3 is 19.8 Å². The summed E-state index contributed by atoms with van der Waals surface area (Å²) < 4.78 is 12.9. The van der Waals surface area contributed by atoms with Gasteiger partial charge in [0.15, 0.2) is 0 Å². The third-order valence-corrected chi connectivity index (χ3v) is 2.92. The Hall–Kier alpha value is -1.75.